The number of aliphatic hydroxyl groups excluding tert-OH is 2. The summed E-state index contributed by atoms with van der Waals surface area (Å²) in [5.41, 5.74) is 0. The van der Waals surface area contributed by atoms with Gasteiger partial charge in [0, 0.05) is 13.1 Å². The molecule has 0 aliphatic carbocycles. The highest BCUT2D eigenvalue weighted by molar-refractivity contribution is 4.72. The third-order valence-corrected chi connectivity index (χ3v) is 2.38. The highest BCUT2D eigenvalue weighted by atomic mass is 16.3. The Hall–Kier alpha value is -0.160. The van der Waals surface area contributed by atoms with E-state index in [-0.39, 0.29) is 18.4 Å². The Morgan fingerprint density at radius 1 is 1.00 bits per heavy atom. The van der Waals surface area contributed by atoms with Crippen LogP contribution < -0.4 is 0 Å². The van der Waals surface area contributed by atoms with Crippen LogP contribution in [0.15, 0.2) is 0 Å². The molecular formula is C11H26N2O2. The lowest BCUT2D eigenvalue weighted by Crippen LogP contribution is -2.49. The van der Waals surface area contributed by atoms with Crippen molar-refractivity contribution < 1.29 is 10.2 Å². The standard InChI is InChI=1S/C11H26N2O2/c1-6-11(12(4)5)13(7-9(2)14)8-10(3)15/h9-11,14-15H,6-8H2,1-5H3. The van der Waals surface area contributed by atoms with E-state index in [0.717, 1.165) is 6.42 Å². The van der Waals surface area contributed by atoms with Gasteiger partial charge in [-0.2, -0.15) is 0 Å². The molecule has 0 radical (unpaired) electrons. The molecular weight excluding hydrogens is 192 g/mol. The van der Waals surface area contributed by atoms with Gasteiger partial charge in [-0.25, -0.2) is 0 Å². The first-order chi connectivity index (χ1) is 6.88. The Morgan fingerprint density at radius 3 is 1.60 bits per heavy atom. The predicted octanol–water partition coefficient (Wildman–Crippen LogP) is 0.348. The number of hydrogen-bond acceptors (Lipinski definition) is 4. The highest BCUT2D eigenvalue weighted by Gasteiger charge is 2.21. The van der Waals surface area contributed by atoms with Crippen molar-refractivity contribution in [3.05, 3.63) is 0 Å². The first-order valence-electron chi connectivity index (χ1n) is 5.65. The number of rotatable bonds is 7. The zero-order valence-electron chi connectivity index (χ0n) is 10.6. The zero-order chi connectivity index (χ0) is 12.0. The van der Waals surface area contributed by atoms with Crippen LogP contribution in [0.3, 0.4) is 0 Å². The number of nitrogens with zero attached hydrogens (tertiary/aromatic N) is 2. The monoisotopic (exact) mass is 218 g/mol. The molecule has 0 heterocycles. The second-order valence-electron chi connectivity index (χ2n) is 4.50. The van der Waals surface area contributed by atoms with E-state index in [1.165, 1.54) is 0 Å². The smallest absolute Gasteiger partial charge is 0.0639 e. The molecule has 15 heavy (non-hydrogen) atoms. The normalized spacial score (nSPS) is 18.2. The SMILES string of the molecule is CCC(N(C)C)N(CC(C)O)CC(C)O. The van der Waals surface area contributed by atoms with Crippen LogP contribution in [0.25, 0.3) is 0 Å². The van der Waals surface area contributed by atoms with Crippen LogP contribution in [0.5, 0.6) is 0 Å². The molecule has 0 aromatic rings. The maximum atomic E-state index is 9.42. The molecule has 4 heteroatoms. The van der Waals surface area contributed by atoms with E-state index in [1.807, 2.05) is 14.1 Å². The van der Waals surface area contributed by atoms with Gasteiger partial charge >= 0.3 is 0 Å². The predicted molar refractivity (Wildman–Crippen MR) is 62.7 cm³/mol. The fourth-order valence-electron chi connectivity index (χ4n) is 1.95. The van der Waals surface area contributed by atoms with Crippen LogP contribution in [-0.2, 0) is 0 Å². The summed E-state index contributed by atoms with van der Waals surface area (Å²) in [7, 11) is 4.04. The van der Waals surface area contributed by atoms with Gasteiger partial charge < -0.3 is 10.2 Å². The average molecular weight is 218 g/mol. The molecule has 0 aliphatic heterocycles. The molecule has 4 nitrogen and oxygen atoms in total. The first kappa shape index (κ1) is 14.8. The van der Waals surface area contributed by atoms with E-state index in [1.54, 1.807) is 13.8 Å². The molecule has 0 aliphatic rings. The Kier molecular flexibility index (Phi) is 7.09. The summed E-state index contributed by atoms with van der Waals surface area (Å²) in [6.07, 6.45) is 0.525. The minimum absolute atomic E-state index is 0.272. The maximum Gasteiger partial charge on any atom is 0.0639 e. The molecule has 0 spiro atoms. The molecule has 0 rings (SSSR count). The van der Waals surface area contributed by atoms with Gasteiger partial charge in [0.1, 0.15) is 0 Å². The van der Waals surface area contributed by atoms with Gasteiger partial charge in [0.15, 0.2) is 0 Å². The van der Waals surface area contributed by atoms with Gasteiger partial charge in [0.2, 0.25) is 0 Å². The van der Waals surface area contributed by atoms with Gasteiger partial charge in [-0.1, -0.05) is 6.92 Å². The van der Waals surface area contributed by atoms with Crippen LogP contribution in [0.1, 0.15) is 27.2 Å². The van der Waals surface area contributed by atoms with E-state index in [9.17, 15) is 10.2 Å². The topological polar surface area (TPSA) is 46.9 Å². The Bertz CT molecular complexity index is 151. The van der Waals surface area contributed by atoms with E-state index in [4.69, 9.17) is 0 Å². The minimum atomic E-state index is -0.363. The van der Waals surface area contributed by atoms with Crippen molar-refractivity contribution in [2.75, 3.05) is 27.2 Å². The largest absolute Gasteiger partial charge is 0.392 e. The van der Waals surface area contributed by atoms with Gasteiger partial charge in [-0.05, 0) is 34.4 Å². The van der Waals surface area contributed by atoms with Gasteiger partial charge in [-0.3, -0.25) is 9.80 Å². The van der Waals surface area contributed by atoms with Crippen LogP contribution in [0, 0.1) is 0 Å². The van der Waals surface area contributed by atoms with Crippen LogP contribution in [0.2, 0.25) is 0 Å². The molecule has 2 N–H and O–H groups in total. The van der Waals surface area contributed by atoms with E-state index in [0.29, 0.717) is 13.1 Å². The average Bonchev–Trinajstić information content (AvgIpc) is 2.01. The van der Waals surface area contributed by atoms with Crippen molar-refractivity contribution in [3.8, 4) is 0 Å². The zero-order valence-corrected chi connectivity index (χ0v) is 10.6. The Balaban J connectivity index is 4.43. The maximum absolute atomic E-state index is 9.42. The van der Waals surface area contributed by atoms with Gasteiger partial charge in [-0.15, -0.1) is 0 Å². The summed E-state index contributed by atoms with van der Waals surface area (Å²) in [5, 5.41) is 18.8. The van der Waals surface area contributed by atoms with Crippen LogP contribution in [-0.4, -0.2) is 65.6 Å². The summed E-state index contributed by atoms with van der Waals surface area (Å²) in [4.78, 5) is 4.24. The fraction of sp³-hybridized carbons (Fsp3) is 1.00. The number of aliphatic hydroxyl groups is 2. The number of hydrogen-bond donors (Lipinski definition) is 2. The lowest BCUT2D eigenvalue weighted by Gasteiger charge is -2.36. The molecule has 0 fully saturated rings. The molecule has 92 valence electrons. The molecule has 0 bridgehead atoms. The lowest BCUT2D eigenvalue weighted by atomic mass is 10.2. The highest BCUT2D eigenvalue weighted by Crippen LogP contribution is 2.08. The van der Waals surface area contributed by atoms with E-state index in [2.05, 4.69) is 16.7 Å². The van der Waals surface area contributed by atoms with E-state index < -0.39 is 0 Å². The Morgan fingerprint density at radius 2 is 1.40 bits per heavy atom. The van der Waals surface area contributed by atoms with Crippen molar-refractivity contribution in [1.29, 1.82) is 0 Å². The van der Waals surface area contributed by atoms with Crippen molar-refractivity contribution in [2.45, 2.75) is 45.6 Å². The van der Waals surface area contributed by atoms with Crippen LogP contribution in [0.4, 0.5) is 0 Å². The molecule has 0 aromatic carbocycles. The molecule has 3 atom stereocenters. The summed E-state index contributed by atoms with van der Waals surface area (Å²) in [6.45, 7) is 6.86. The molecule has 0 aromatic heterocycles. The summed E-state index contributed by atoms with van der Waals surface area (Å²) in [6, 6.07) is 0. The summed E-state index contributed by atoms with van der Waals surface area (Å²) in [5.74, 6) is 0. The van der Waals surface area contributed by atoms with Crippen molar-refractivity contribution in [2.24, 2.45) is 0 Å². The minimum Gasteiger partial charge on any atom is -0.392 e. The van der Waals surface area contributed by atoms with Crippen molar-refractivity contribution in [3.63, 3.8) is 0 Å². The van der Waals surface area contributed by atoms with Crippen molar-refractivity contribution >= 4 is 0 Å². The molecule has 0 saturated heterocycles. The Labute approximate surface area is 93.5 Å². The fourth-order valence-corrected chi connectivity index (χ4v) is 1.95. The second-order valence-corrected chi connectivity index (χ2v) is 4.50. The first-order valence-corrected chi connectivity index (χ1v) is 5.65. The van der Waals surface area contributed by atoms with Gasteiger partial charge in [0.05, 0.1) is 18.4 Å². The third kappa shape index (κ3) is 6.10. The quantitative estimate of drug-likeness (QED) is 0.605. The summed E-state index contributed by atoms with van der Waals surface area (Å²) >= 11 is 0. The molecule has 0 amide bonds. The second kappa shape index (κ2) is 7.17. The van der Waals surface area contributed by atoms with E-state index >= 15 is 0 Å². The van der Waals surface area contributed by atoms with Crippen molar-refractivity contribution in [1.82, 2.24) is 9.80 Å². The summed E-state index contributed by atoms with van der Waals surface area (Å²) < 4.78 is 0. The molecule has 3 unspecified atom stereocenters. The molecule has 0 saturated carbocycles. The third-order valence-electron chi connectivity index (χ3n) is 2.38. The lowest BCUT2D eigenvalue weighted by molar-refractivity contribution is 0.00759. The van der Waals surface area contributed by atoms with Crippen LogP contribution >= 0.6 is 0 Å². The van der Waals surface area contributed by atoms with Gasteiger partial charge in [0.25, 0.3) is 0 Å².